The van der Waals surface area contributed by atoms with E-state index in [0.717, 1.165) is 11.4 Å². The van der Waals surface area contributed by atoms with E-state index < -0.39 is 11.7 Å². The number of hydrogen-bond donors (Lipinski definition) is 3. The fraction of sp³-hybridized carbons (Fsp3) is 0.190. The number of benzene rings is 2. The van der Waals surface area contributed by atoms with Gasteiger partial charge in [0.2, 0.25) is 5.95 Å². The minimum Gasteiger partial charge on any atom is -0.352 e. The molecule has 3 rings (SSSR count). The van der Waals surface area contributed by atoms with Gasteiger partial charge in [-0.05, 0) is 38.1 Å². The summed E-state index contributed by atoms with van der Waals surface area (Å²) in [4.78, 5) is 20.9. The van der Waals surface area contributed by atoms with E-state index in [4.69, 9.17) is 11.6 Å². The topological polar surface area (TPSA) is 78.9 Å². The van der Waals surface area contributed by atoms with Crippen LogP contribution in [0.15, 0.2) is 48.5 Å². The van der Waals surface area contributed by atoms with Crippen molar-refractivity contribution in [3.8, 4) is 0 Å². The maximum atomic E-state index is 13.8. The quantitative estimate of drug-likeness (QED) is 0.498. The summed E-state index contributed by atoms with van der Waals surface area (Å²) in [5.74, 6) is -0.137. The molecule has 0 radical (unpaired) electrons. The van der Waals surface area contributed by atoms with Crippen LogP contribution < -0.4 is 16.0 Å². The van der Waals surface area contributed by atoms with Gasteiger partial charge in [0.25, 0.3) is 5.91 Å². The van der Waals surface area contributed by atoms with E-state index in [-0.39, 0.29) is 17.1 Å². The number of nitrogens with zero attached hydrogens (tertiary/aromatic N) is 2. The van der Waals surface area contributed by atoms with E-state index in [9.17, 15) is 9.18 Å². The van der Waals surface area contributed by atoms with Crippen LogP contribution in [0, 0.1) is 19.7 Å². The SMILES string of the molecule is Cc1ccc(Nc2cc(C)nc(NCCNC(=O)c3c(F)cccc3Cl)n2)cc1. The third kappa shape index (κ3) is 5.65. The van der Waals surface area contributed by atoms with Gasteiger partial charge in [-0.1, -0.05) is 35.4 Å². The minimum atomic E-state index is -0.656. The van der Waals surface area contributed by atoms with Crippen LogP contribution >= 0.6 is 11.6 Å². The molecule has 6 nitrogen and oxygen atoms in total. The fourth-order valence-corrected chi connectivity index (χ4v) is 2.90. The summed E-state index contributed by atoms with van der Waals surface area (Å²) in [7, 11) is 0. The first kappa shape index (κ1) is 20.5. The number of anilines is 3. The molecule has 0 bridgehead atoms. The van der Waals surface area contributed by atoms with Crippen LogP contribution in [0.25, 0.3) is 0 Å². The van der Waals surface area contributed by atoms with E-state index in [1.165, 1.54) is 23.8 Å². The molecule has 0 fully saturated rings. The maximum absolute atomic E-state index is 13.8. The zero-order valence-electron chi connectivity index (χ0n) is 16.1. The highest BCUT2D eigenvalue weighted by Gasteiger charge is 2.15. The van der Waals surface area contributed by atoms with Gasteiger partial charge in [-0.2, -0.15) is 4.98 Å². The molecule has 150 valence electrons. The summed E-state index contributed by atoms with van der Waals surface area (Å²) in [6.45, 7) is 4.52. The predicted molar refractivity (Wildman–Crippen MR) is 113 cm³/mol. The van der Waals surface area contributed by atoms with Gasteiger partial charge in [0.05, 0.1) is 10.6 Å². The van der Waals surface area contributed by atoms with Gasteiger partial charge in [-0.3, -0.25) is 4.79 Å². The lowest BCUT2D eigenvalue weighted by molar-refractivity contribution is 0.0951. The Morgan fingerprint density at radius 2 is 1.83 bits per heavy atom. The molecule has 1 heterocycles. The predicted octanol–water partition coefficient (Wildman–Crippen LogP) is 4.47. The Morgan fingerprint density at radius 1 is 1.07 bits per heavy atom. The van der Waals surface area contributed by atoms with Crippen LogP contribution in [0.5, 0.6) is 0 Å². The number of aromatic nitrogens is 2. The molecule has 0 aliphatic rings. The Kier molecular flexibility index (Phi) is 6.61. The number of rotatable bonds is 7. The van der Waals surface area contributed by atoms with E-state index in [0.29, 0.717) is 18.3 Å². The van der Waals surface area contributed by atoms with Crippen molar-refractivity contribution in [2.24, 2.45) is 0 Å². The zero-order chi connectivity index (χ0) is 20.8. The highest BCUT2D eigenvalue weighted by molar-refractivity contribution is 6.33. The molecule has 2 aromatic carbocycles. The number of halogens is 2. The Labute approximate surface area is 173 Å². The van der Waals surface area contributed by atoms with Gasteiger partial charge in [0.1, 0.15) is 11.6 Å². The van der Waals surface area contributed by atoms with Gasteiger partial charge in [0.15, 0.2) is 0 Å². The second-order valence-electron chi connectivity index (χ2n) is 6.49. The molecular formula is C21H21ClFN5O. The molecule has 0 spiro atoms. The summed E-state index contributed by atoms with van der Waals surface area (Å²) >= 11 is 5.90. The summed E-state index contributed by atoms with van der Waals surface area (Å²) in [5.41, 5.74) is 2.73. The van der Waals surface area contributed by atoms with Crippen molar-refractivity contribution in [2.45, 2.75) is 13.8 Å². The van der Waals surface area contributed by atoms with Crippen molar-refractivity contribution in [3.05, 3.63) is 76.2 Å². The van der Waals surface area contributed by atoms with Gasteiger partial charge in [-0.25, -0.2) is 9.37 Å². The summed E-state index contributed by atoms with van der Waals surface area (Å²) < 4.78 is 13.8. The third-order valence-electron chi connectivity index (χ3n) is 4.06. The number of amides is 1. The van der Waals surface area contributed by atoms with Crippen LogP contribution in [0.4, 0.5) is 21.8 Å². The average Bonchev–Trinajstić information content (AvgIpc) is 2.66. The Hall–Kier alpha value is -3.19. The van der Waals surface area contributed by atoms with Crippen LogP contribution in [0.1, 0.15) is 21.6 Å². The highest BCUT2D eigenvalue weighted by atomic mass is 35.5. The fourth-order valence-electron chi connectivity index (χ4n) is 2.65. The molecule has 29 heavy (non-hydrogen) atoms. The van der Waals surface area contributed by atoms with E-state index in [1.807, 2.05) is 44.2 Å². The first-order valence-corrected chi connectivity index (χ1v) is 9.45. The molecule has 0 aliphatic heterocycles. The van der Waals surface area contributed by atoms with Crippen molar-refractivity contribution in [1.29, 1.82) is 0 Å². The monoisotopic (exact) mass is 413 g/mol. The lowest BCUT2D eigenvalue weighted by Gasteiger charge is -2.11. The molecule has 0 unspecified atom stereocenters. The van der Waals surface area contributed by atoms with E-state index >= 15 is 0 Å². The molecule has 8 heteroatoms. The first-order valence-electron chi connectivity index (χ1n) is 9.08. The molecule has 0 saturated heterocycles. The second kappa shape index (κ2) is 9.34. The molecule has 3 aromatic rings. The maximum Gasteiger partial charge on any atom is 0.255 e. The molecule has 1 amide bonds. The van der Waals surface area contributed by atoms with E-state index in [1.54, 1.807) is 0 Å². The van der Waals surface area contributed by atoms with Gasteiger partial charge in [0, 0.05) is 30.5 Å². The minimum absolute atomic E-state index is 0.0734. The largest absolute Gasteiger partial charge is 0.352 e. The third-order valence-corrected chi connectivity index (χ3v) is 4.38. The normalized spacial score (nSPS) is 10.5. The molecular weight excluding hydrogens is 393 g/mol. The van der Waals surface area contributed by atoms with Crippen LogP contribution in [0.3, 0.4) is 0 Å². The van der Waals surface area contributed by atoms with Gasteiger partial charge in [-0.15, -0.1) is 0 Å². The van der Waals surface area contributed by atoms with Crippen LogP contribution in [-0.4, -0.2) is 29.0 Å². The van der Waals surface area contributed by atoms with Crippen LogP contribution in [-0.2, 0) is 0 Å². The lowest BCUT2D eigenvalue weighted by Crippen LogP contribution is -2.30. The number of aryl methyl sites for hydroxylation is 2. The lowest BCUT2D eigenvalue weighted by atomic mass is 10.2. The van der Waals surface area contributed by atoms with Crippen molar-refractivity contribution < 1.29 is 9.18 Å². The summed E-state index contributed by atoms with van der Waals surface area (Å²) in [6.07, 6.45) is 0. The Balaban J connectivity index is 1.56. The smallest absolute Gasteiger partial charge is 0.255 e. The highest BCUT2D eigenvalue weighted by Crippen LogP contribution is 2.19. The second-order valence-corrected chi connectivity index (χ2v) is 6.90. The Morgan fingerprint density at radius 3 is 2.55 bits per heavy atom. The van der Waals surface area contributed by atoms with Gasteiger partial charge < -0.3 is 16.0 Å². The standard InChI is InChI=1S/C21H21ClFN5O/c1-13-6-8-15(9-7-13)27-18-12-14(2)26-21(28-18)25-11-10-24-20(29)19-16(22)4-3-5-17(19)23/h3-9,12H,10-11H2,1-2H3,(H,24,29)(H2,25,26,27,28). The number of nitrogens with one attached hydrogen (secondary N) is 3. The summed E-state index contributed by atoms with van der Waals surface area (Å²) in [5, 5.41) is 8.99. The molecule has 0 atom stereocenters. The van der Waals surface area contributed by atoms with Crippen molar-refractivity contribution in [1.82, 2.24) is 15.3 Å². The zero-order valence-corrected chi connectivity index (χ0v) is 16.8. The number of carbonyl (C=O) groups is 1. The van der Waals surface area contributed by atoms with Crippen LogP contribution in [0.2, 0.25) is 5.02 Å². The Bertz CT molecular complexity index is 990. The number of carbonyl (C=O) groups excluding carboxylic acids is 1. The van der Waals surface area contributed by atoms with Crippen molar-refractivity contribution >= 4 is 35.0 Å². The van der Waals surface area contributed by atoms with Crippen molar-refractivity contribution in [3.63, 3.8) is 0 Å². The molecule has 0 saturated carbocycles. The molecule has 0 aliphatic carbocycles. The number of hydrogen-bond acceptors (Lipinski definition) is 5. The van der Waals surface area contributed by atoms with Gasteiger partial charge >= 0.3 is 0 Å². The average molecular weight is 414 g/mol. The molecule has 3 N–H and O–H groups in total. The molecule has 1 aromatic heterocycles. The van der Waals surface area contributed by atoms with E-state index in [2.05, 4.69) is 25.9 Å². The summed E-state index contributed by atoms with van der Waals surface area (Å²) in [6, 6.07) is 13.9. The first-order chi connectivity index (χ1) is 13.9. The van der Waals surface area contributed by atoms with Crippen molar-refractivity contribution in [2.75, 3.05) is 23.7 Å².